The number of carboxylic acids is 1. The molecule has 0 spiro atoms. The first-order valence-electron chi connectivity index (χ1n) is 6.88. The lowest BCUT2D eigenvalue weighted by molar-refractivity contribution is -0.142. The predicted molar refractivity (Wildman–Crippen MR) is 74.4 cm³/mol. The van der Waals surface area contributed by atoms with Gasteiger partial charge in [0.2, 0.25) is 0 Å². The molecule has 1 heterocycles. The summed E-state index contributed by atoms with van der Waals surface area (Å²) in [5, 5.41) is 18.9. The molecule has 2 atom stereocenters. The largest absolute Gasteiger partial charge is 0.481 e. The third-order valence-electron chi connectivity index (χ3n) is 3.50. The number of carbonyl (C=O) groups is 1. The normalized spacial score (nSPS) is 24.2. The summed E-state index contributed by atoms with van der Waals surface area (Å²) >= 11 is 0. The molecule has 1 saturated heterocycles. The molecule has 118 valence electrons. The van der Waals surface area contributed by atoms with Gasteiger partial charge in [-0.1, -0.05) is 13.3 Å². The van der Waals surface area contributed by atoms with Gasteiger partial charge in [0.15, 0.2) is 0 Å². The van der Waals surface area contributed by atoms with Gasteiger partial charge in [0.1, 0.15) is 0 Å². The smallest absolute Gasteiger partial charge is 0.307 e. The maximum atomic E-state index is 12.1. The maximum absolute atomic E-state index is 12.1. The van der Waals surface area contributed by atoms with E-state index in [0.29, 0.717) is 25.8 Å². The zero-order chi connectivity index (χ0) is 15.4. The number of hydrogen-bond acceptors (Lipinski definition) is 4. The van der Waals surface area contributed by atoms with Gasteiger partial charge in [-0.05, 0) is 26.2 Å². The van der Waals surface area contributed by atoms with Gasteiger partial charge in [0.25, 0.3) is 10.2 Å². The Balaban J connectivity index is 2.62. The van der Waals surface area contributed by atoms with Crippen LogP contribution in [0.2, 0.25) is 0 Å². The summed E-state index contributed by atoms with van der Waals surface area (Å²) in [6.45, 7) is 3.72. The van der Waals surface area contributed by atoms with Crippen LogP contribution in [0.15, 0.2) is 0 Å². The highest BCUT2D eigenvalue weighted by molar-refractivity contribution is 7.87. The SMILES string of the molecule is CCCC(C)(O)CNS(=O)(=O)N1CCCC(C(=O)O)C1. The summed E-state index contributed by atoms with van der Waals surface area (Å²) in [5.41, 5.74) is -1.09. The van der Waals surface area contributed by atoms with E-state index in [0.717, 1.165) is 10.7 Å². The summed E-state index contributed by atoms with van der Waals surface area (Å²) < 4.78 is 27.7. The Morgan fingerprint density at radius 2 is 2.15 bits per heavy atom. The van der Waals surface area contributed by atoms with Gasteiger partial charge in [-0.3, -0.25) is 4.79 Å². The Kier molecular flexibility index (Phi) is 5.93. The van der Waals surface area contributed by atoms with Crippen LogP contribution in [0.5, 0.6) is 0 Å². The van der Waals surface area contributed by atoms with E-state index in [9.17, 15) is 18.3 Å². The summed E-state index contributed by atoms with van der Waals surface area (Å²) in [6, 6.07) is 0. The Labute approximate surface area is 120 Å². The van der Waals surface area contributed by atoms with Crippen molar-refractivity contribution in [2.24, 2.45) is 5.92 Å². The van der Waals surface area contributed by atoms with Crippen molar-refractivity contribution >= 4 is 16.2 Å². The first-order valence-corrected chi connectivity index (χ1v) is 8.32. The molecule has 1 rings (SSSR count). The molecule has 0 aromatic carbocycles. The monoisotopic (exact) mass is 308 g/mol. The van der Waals surface area contributed by atoms with Crippen LogP contribution < -0.4 is 4.72 Å². The molecular weight excluding hydrogens is 284 g/mol. The van der Waals surface area contributed by atoms with Crippen LogP contribution in [0.3, 0.4) is 0 Å². The molecule has 0 aromatic rings. The van der Waals surface area contributed by atoms with E-state index in [-0.39, 0.29) is 13.1 Å². The molecule has 0 aliphatic carbocycles. The molecule has 0 aromatic heterocycles. The summed E-state index contributed by atoms with van der Waals surface area (Å²) in [6.07, 6.45) is 2.27. The van der Waals surface area contributed by atoms with E-state index in [2.05, 4.69) is 4.72 Å². The number of nitrogens with one attached hydrogen (secondary N) is 1. The standard InChI is InChI=1S/C12H24N2O5S/c1-3-6-12(2,17)9-13-20(18,19)14-7-4-5-10(8-14)11(15)16/h10,13,17H,3-9H2,1-2H3,(H,15,16). The van der Waals surface area contributed by atoms with Gasteiger partial charge < -0.3 is 10.2 Å². The van der Waals surface area contributed by atoms with Crippen LogP contribution in [-0.4, -0.2) is 54.1 Å². The van der Waals surface area contributed by atoms with Crippen molar-refractivity contribution in [3.63, 3.8) is 0 Å². The highest BCUT2D eigenvalue weighted by Gasteiger charge is 2.33. The lowest BCUT2D eigenvalue weighted by Gasteiger charge is -2.31. The van der Waals surface area contributed by atoms with E-state index < -0.39 is 27.7 Å². The topological polar surface area (TPSA) is 107 Å². The molecule has 7 nitrogen and oxygen atoms in total. The second-order valence-electron chi connectivity index (χ2n) is 5.61. The molecule has 1 fully saturated rings. The molecule has 1 aliphatic heterocycles. The zero-order valence-corrected chi connectivity index (χ0v) is 12.8. The molecule has 3 N–H and O–H groups in total. The van der Waals surface area contributed by atoms with E-state index in [4.69, 9.17) is 5.11 Å². The minimum absolute atomic E-state index is 0.0133. The maximum Gasteiger partial charge on any atom is 0.307 e. The number of rotatable bonds is 7. The van der Waals surface area contributed by atoms with Crippen LogP contribution in [-0.2, 0) is 15.0 Å². The summed E-state index contributed by atoms with van der Waals surface area (Å²) in [5.74, 6) is -1.63. The van der Waals surface area contributed by atoms with Crippen LogP contribution in [0.4, 0.5) is 0 Å². The molecule has 2 unspecified atom stereocenters. The number of aliphatic carboxylic acids is 1. The van der Waals surface area contributed by atoms with Crippen molar-refractivity contribution in [2.75, 3.05) is 19.6 Å². The third-order valence-corrected chi connectivity index (χ3v) is 5.02. The van der Waals surface area contributed by atoms with Gasteiger partial charge in [-0.15, -0.1) is 0 Å². The fourth-order valence-electron chi connectivity index (χ4n) is 2.33. The molecule has 0 radical (unpaired) electrons. The van der Waals surface area contributed by atoms with Crippen molar-refractivity contribution < 1.29 is 23.4 Å². The Bertz CT molecular complexity index is 435. The van der Waals surface area contributed by atoms with Gasteiger partial charge in [0, 0.05) is 19.6 Å². The van der Waals surface area contributed by atoms with E-state index in [1.165, 1.54) is 0 Å². The third kappa shape index (κ3) is 5.01. The lowest BCUT2D eigenvalue weighted by atomic mass is 10.0. The van der Waals surface area contributed by atoms with Gasteiger partial charge in [0.05, 0.1) is 11.5 Å². The molecule has 20 heavy (non-hydrogen) atoms. The van der Waals surface area contributed by atoms with E-state index in [1.807, 2.05) is 6.92 Å². The molecule has 1 aliphatic rings. The van der Waals surface area contributed by atoms with Gasteiger partial charge >= 0.3 is 5.97 Å². The molecule has 0 bridgehead atoms. The molecule has 0 saturated carbocycles. The second-order valence-corrected chi connectivity index (χ2v) is 7.36. The van der Waals surface area contributed by atoms with Crippen LogP contribution >= 0.6 is 0 Å². The average Bonchev–Trinajstić information content (AvgIpc) is 2.37. The first kappa shape index (κ1) is 17.4. The van der Waals surface area contributed by atoms with E-state index in [1.54, 1.807) is 6.92 Å². The van der Waals surface area contributed by atoms with Crippen LogP contribution in [0.25, 0.3) is 0 Å². The predicted octanol–water partition coefficient (Wildman–Crippen LogP) is 0.169. The van der Waals surface area contributed by atoms with Crippen LogP contribution in [0.1, 0.15) is 39.5 Å². The summed E-state index contributed by atoms with van der Waals surface area (Å²) in [7, 11) is -3.74. The van der Waals surface area contributed by atoms with Crippen molar-refractivity contribution in [2.45, 2.75) is 45.1 Å². The number of piperidine rings is 1. The quantitative estimate of drug-likeness (QED) is 0.621. The average molecular weight is 308 g/mol. The zero-order valence-electron chi connectivity index (χ0n) is 12.0. The Hall–Kier alpha value is -0.700. The number of hydrogen-bond donors (Lipinski definition) is 3. The minimum Gasteiger partial charge on any atom is -0.481 e. The number of carboxylic acid groups (broad SMARTS) is 1. The van der Waals surface area contributed by atoms with Crippen molar-refractivity contribution in [3.8, 4) is 0 Å². The number of nitrogens with zero attached hydrogens (tertiary/aromatic N) is 1. The Morgan fingerprint density at radius 1 is 1.50 bits per heavy atom. The minimum atomic E-state index is -3.74. The van der Waals surface area contributed by atoms with Crippen molar-refractivity contribution in [3.05, 3.63) is 0 Å². The first-order chi connectivity index (χ1) is 9.18. The highest BCUT2D eigenvalue weighted by atomic mass is 32.2. The van der Waals surface area contributed by atoms with E-state index >= 15 is 0 Å². The lowest BCUT2D eigenvalue weighted by Crippen LogP contribution is -2.50. The van der Waals surface area contributed by atoms with Gasteiger partial charge in [-0.25, -0.2) is 0 Å². The fraction of sp³-hybridized carbons (Fsp3) is 0.917. The van der Waals surface area contributed by atoms with Crippen LogP contribution in [0, 0.1) is 5.92 Å². The second kappa shape index (κ2) is 6.84. The van der Waals surface area contributed by atoms with Crippen molar-refractivity contribution in [1.82, 2.24) is 9.03 Å². The molecular formula is C12H24N2O5S. The Morgan fingerprint density at radius 3 is 2.70 bits per heavy atom. The molecule has 0 amide bonds. The highest BCUT2D eigenvalue weighted by Crippen LogP contribution is 2.19. The van der Waals surface area contributed by atoms with Crippen molar-refractivity contribution in [1.29, 1.82) is 0 Å². The molecule has 8 heteroatoms. The summed E-state index contributed by atoms with van der Waals surface area (Å²) in [4.78, 5) is 10.9. The number of aliphatic hydroxyl groups is 1. The van der Waals surface area contributed by atoms with Gasteiger partial charge in [-0.2, -0.15) is 17.4 Å². The fourth-order valence-corrected chi connectivity index (χ4v) is 3.75.